The summed E-state index contributed by atoms with van der Waals surface area (Å²) in [6.07, 6.45) is 0.672. The Morgan fingerprint density at radius 1 is 1.21 bits per heavy atom. The summed E-state index contributed by atoms with van der Waals surface area (Å²) in [5.41, 5.74) is 0. The van der Waals surface area contributed by atoms with E-state index in [-0.39, 0.29) is 11.9 Å². The first kappa shape index (κ1) is 17.2. The fraction of sp³-hybridized carbons (Fsp3) is 0.611. The molecule has 0 unspecified atom stereocenters. The molecule has 2 heterocycles. The van der Waals surface area contributed by atoms with Crippen LogP contribution in [0.3, 0.4) is 0 Å². The molecule has 2 aliphatic heterocycles. The van der Waals surface area contributed by atoms with Gasteiger partial charge in [0.05, 0.1) is 32.0 Å². The lowest BCUT2D eigenvalue weighted by Gasteiger charge is -2.33. The molecule has 0 spiro atoms. The molecule has 6 heteroatoms. The van der Waals surface area contributed by atoms with Crippen molar-refractivity contribution in [2.24, 2.45) is 0 Å². The molecule has 1 N–H and O–H groups in total. The van der Waals surface area contributed by atoms with Gasteiger partial charge < -0.3 is 19.5 Å². The number of carbonyl (C=O) groups is 1. The molecule has 2 fully saturated rings. The standard InChI is InChI=1S/C18H26N2O4/c21-17-14-20(13-16(17)19-8-11-23-12-9-19)18(22)7-4-10-24-15-5-2-1-3-6-15/h1-3,5-6,16-17,21H,4,7-14H2/t16-,17-/m0/s1. The van der Waals surface area contributed by atoms with Crippen molar-refractivity contribution in [2.75, 3.05) is 46.0 Å². The molecule has 1 aromatic carbocycles. The number of amides is 1. The third-order valence-corrected chi connectivity index (χ3v) is 4.67. The van der Waals surface area contributed by atoms with E-state index in [1.165, 1.54) is 0 Å². The number of hydrogen-bond donors (Lipinski definition) is 1. The molecule has 6 nitrogen and oxygen atoms in total. The highest BCUT2D eigenvalue weighted by molar-refractivity contribution is 5.76. The Kier molecular flexibility index (Phi) is 6.07. The summed E-state index contributed by atoms with van der Waals surface area (Å²) < 4.78 is 11.0. The zero-order chi connectivity index (χ0) is 16.8. The van der Waals surface area contributed by atoms with Crippen LogP contribution in [-0.4, -0.2) is 79.0 Å². The molecule has 2 atom stereocenters. The summed E-state index contributed by atoms with van der Waals surface area (Å²) in [5.74, 6) is 0.926. The molecular weight excluding hydrogens is 308 g/mol. The van der Waals surface area contributed by atoms with Gasteiger partial charge >= 0.3 is 0 Å². The Balaban J connectivity index is 1.39. The van der Waals surface area contributed by atoms with E-state index in [4.69, 9.17) is 9.47 Å². The number of β-amino-alcohol motifs (C(OH)–C–C–N with tert-alkyl or cyclic N) is 1. The van der Waals surface area contributed by atoms with Crippen molar-refractivity contribution in [1.29, 1.82) is 0 Å². The fourth-order valence-electron chi connectivity index (χ4n) is 3.33. The minimum atomic E-state index is -0.465. The lowest BCUT2D eigenvalue weighted by molar-refractivity contribution is -0.130. The van der Waals surface area contributed by atoms with E-state index in [0.29, 0.717) is 45.8 Å². The fourth-order valence-corrected chi connectivity index (χ4v) is 3.33. The molecule has 3 rings (SSSR count). The monoisotopic (exact) mass is 334 g/mol. The van der Waals surface area contributed by atoms with Crippen LogP contribution in [0.4, 0.5) is 0 Å². The summed E-state index contributed by atoms with van der Waals surface area (Å²) in [6, 6.07) is 9.66. The number of benzene rings is 1. The number of likely N-dealkylation sites (tertiary alicyclic amines) is 1. The average Bonchev–Trinajstić information content (AvgIpc) is 3.02. The quantitative estimate of drug-likeness (QED) is 0.778. The molecule has 1 amide bonds. The third kappa shape index (κ3) is 4.47. The van der Waals surface area contributed by atoms with E-state index < -0.39 is 6.10 Å². The van der Waals surface area contributed by atoms with E-state index in [9.17, 15) is 9.90 Å². The number of ether oxygens (including phenoxy) is 2. The van der Waals surface area contributed by atoms with Crippen LogP contribution < -0.4 is 4.74 Å². The summed E-state index contributed by atoms with van der Waals surface area (Å²) in [4.78, 5) is 16.4. The van der Waals surface area contributed by atoms with Gasteiger partial charge in [0.15, 0.2) is 0 Å². The minimum absolute atomic E-state index is 0.0402. The largest absolute Gasteiger partial charge is 0.494 e. The van der Waals surface area contributed by atoms with Crippen LogP contribution in [0.1, 0.15) is 12.8 Å². The predicted molar refractivity (Wildman–Crippen MR) is 89.9 cm³/mol. The van der Waals surface area contributed by atoms with Gasteiger partial charge in [-0.3, -0.25) is 9.69 Å². The number of rotatable bonds is 6. The lowest BCUT2D eigenvalue weighted by atomic mass is 10.1. The number of aliphatic hydroxyl groups excluding tert-OH is 1. The Hall–Kier alpha value is -1.63. The van der Waals surface area contributed by atoms with E-state index in [2.05, 4.69) is 4.90 Å². The second-order valence-electron chi connectivity index (χ2n) is 6.35. The third-order valence-electron chi connectivity index (χ3n) is 4.67. The van der Waals surface area contributed by atoms with Crippen LogP contribution in [-0.2, 0) is 9.53 Å². The van der Waals surface area contributed by atoms with E-state index in [0.717, 1.165) is 18.8 Å². The van der Waals surface area contributed by atoms with Gasteiger partial charge in [-0.05, 0) is 18.6 Å². The first-order valence-electron chi connectivity index (χ1n) is 8.69. The second kappa shape index (κ2) is 8.46. The van der Waals surface area contributed by atoms with E-state index in [1.807, 2.05) is 30.3 Å². The molecule has 2 aliphatic rings. The van der Waals surface area contributed by atoms with Crippen molar-refractivity contribution in [3.05, 3.63) is 30.3 Å². The van der Waals surface area contributed by atoms with Gasteiger partial charge in [0.2, 0.25) is 5.91 Å². The Morgan fingerprint density at radius 3 is 2.71 bits per heavy atom. The average molecular weight is 334 g/mol. The van der Waals surface area contributed by atoms with Crippen molar-refractivity contribution in [1.82, 2.24) is 9.80 Å². The number of morpholine rings is 1. The van der Waals surface area contributed by atoms with Crippen LogP contribution in [0, 0.1) is 0 Å². The summed E-state index contributed by atoms with van der Waals surface area (Å²) in [7, 11) is 0. The van der Waals surface area contributed by atoms with Crippen LogP contribution in [0.5, 0.6) is 5.75 Å². The lowest BCUT2D eigenvalue weighted by Crippen LogP contribution is -2.49. The van der Waals surface area contributed by atoms with Crippen molar-refractivity contribution < 1.29 is 19.4 Å². The number of para-hydroxylation sites is 1. The molecule has 1 aromatic rings. The van der Waals surface area contributed by atoms with Crippen molar-refractivity contribution >= 4 is 5.91 Å². The number of aliphatic hydroxyl groups is 1. The molecule has 0 radical (unpaired) electrons. The van der Waals surface area contributed by atoms with E-state index in [1.54, 1.807) is 4.90 Å². The number of hydrogen-bond acceptors (Lipinski definition) is 5. The summed E-state index contributed by atoms with van der Waals surface area (Å²) in [5, 5.41) is 10.3. The smallest absolute Gasteiger partial charge is 0.222 e. The van der Waals surface area contributed by atoms with Gasteiger partial charge in [-0.2, -0.15) is 0 Å². The van der Waals surface area contributed by atoms with Crippen LogP contribution in [0.25, 0.3) is 0 Å². The molecule has 132 valence electrons. The maximum atomic E-state index is 12.3. The van der Waals surface area contributed by atoms with Gasteiger partial charge in [0, 0.05) is 32.6 Å². The maximum absolute atomic E-state index is 12.3. The second-order valence-corrected chi connectivity index (χ2v) is 6.35. The van der Waals surface area contributed by atoms with Crippen molar-refractivity contribution in [3.8, 4) is 5.75 Å². The van der Waals surface area contributed by atoms with Crippen LogP contribution in [0.2, 0.25) is 0 Å². The first-order chi connectivity index (χ1) is 11.7. The van der Waals surface area contributed by atoms with E-state index >= 15 is 0 Å². The zero-order valence-corrected chi connectivity index (χ0v) is 14.0. The molecule has 24 heavy (non-hydrogen) atoms. The number of carbonyl (C=O) groups excluding carboxylic acids is 1. The Labute approximate surface area is 143 Å². The van der Waals surface area contributed by atoms with Gasteiger partial charge in [-0.1, -0.05) is 18.2 Å². The van der Waals surface area contributed by atoms with Crippen molar-refractivity contribution in [2.45, 2.75) is 25.0 Å². The van der Waals surface area contributed by atoms with Crippen LogP contribution >= 0.6 is 0 Å². The molecular formula is C18H26N2O4. The highest BCUT2D eigenvalue weighted by atomic mass is 16.5. The number of nitrogens with zero attached hydrogens (tertiary/aromatic N) is 2. The predicted octanol–water partition coefficient (Wildman–Crippen LogP) is 0.750. The van der Waals surface area contributed by atoms with Crippen LogP contribution in [0.15, 0.2) is 30.3 Å². The minimum Gasteiger partial charge on any atom is -0.494 e. The maximum Gasteiger partial charge on any atom is 0.222 e. The molecule has 0 saturated carbocycles. The molecule has 0 bridgehead atoms. The zero-order valence-electron chi connectivity index (χ0n) is 14.0. The Morgan fingerprint density at radius 2 is 1.96 bits per heavy atom. The van der Waals surface area contributed by atoms with Crippen molar-refractivity contribution in [3.63, 3.8) is 0 Å². The normalized spacial score (nSPS) is 25.0. The SMILES string of the molecule is O=C(CCCOc1ccccc1)N1C[C@H](O)[C@@H](N2CCOCC2)C1. The first-order valence-corrected chi connectivity index (χ1v) is 8.69. The molecule has 2 saturated heterocycles. The molecule has 0 aliphatic carbocycles. The van der Waals surface area contributed by atoms with Gasteiger partial charge in [-0.15, -0.1) is 0 Å². The van der Waals surface area contributed by atoms with Gasteiger partial charge in [0.25, 0.3) is 0 Å². The molecule has 0 aromatic heterocycles. The van der Waals surface area contributed by atoms with Gasteiger partial charge in [-0.25, -0.2) is 0 Å². The summed E-state index contributed by atoms with van der Waals surface area (Å²) >= 11 is 0. The topological polar surface area (TPSA) is 62.2 Å². The Bertz CT molecular complexity index is 519. The van der Waals surface area contributed by atoms with Gasteiger partial charge in [0.1, 0.15) is 5.75 Å². The highest BCUT2D eigenvalue weighted by Crippen LogP contribution is 2.19. The highest BCUT2D eigenvalue weighted by Gasteiger charge is 2.37. The summed E-state index contributed by atoms with van der Waals surface area (Å²) in [6.45, 7) is 4.63.